The molecule has 28 heavy (non-hydrogen) atoms. The first kappa shape index (κ1) is 17.9. The largest absolute Gasteiger partial charge is 0.379 e. The van der Waals surface area contributed by atoms with Crippen LogP contribution in [0.25, 0.3) is 11.3 Å². The van der Waals surface area contributed by atoms with Gasteiger partial charge in [0.2, 0.25) is 0 Å². The fourth-order valence-corrected chi connectivity index (χ4v) is 5.41. The predicted octanol–water partition coefficient (Wildman–Crippen LogP) is 2.89. The van der Waals surface area contributed by atoms with Crippen LogP contribution in [0.3, 0.4) is 0 Å². The van der Waals surface area contributed by atoms with Gasteiger partial charge in [-0.1, -0.05) is 5.21 Å². The van der Waals surface area contributed by atoms with Gasteiger partial charge in [0.15, 0.2) is 0 Å². The number of fused-ring (bicyclic) bond motifs is 1. The third kappa shape index (κ3) is 3.47. The van der Waals surface area contributed by atoms with Gasteiger partial charge < -0.3 is 4.74 Å². The summed E-state index contributed by atoms with van der Waals surface area (Å²) in [6, 6.07) is 4.17. The average Bonchev–Trinajstić information content (AvgIpc) is 3.48. The first-order valence-electron chi connectivity index (χ1n) is 9.75. The second-order valence-electron chi connectivity index (χ2n) is 7.82. The zero-order chi connectivity index (χ0) is 18.9. The van der Waals surface area contributed by atoms with Crippen molar-refractivity contribution >= 4 is 11.3 Å². The van der Waals surface area contributed by atoms with Crippen molar-refractivity contribution in [3.05, 3.63) is 47.3 Å². The Labute approximate surface area is 168 Å². The van der Waals surface area contributed by atoms with Crippen molar-refractivity contribution in [1.29, 1.82) is 0 Å². The number of pyridine rings is 1. The average molecular weight is 397 g/mol. The highest BCUT2D eigenvalue weighted by atomic mass is 32.1. The topological polar surface area (TPSA) is 69.0 Å². The van der Waals surface area contributed by atoms with Crippen LogP contribution in [0.4, 0.5) is 0 Å². The van der Waals surface area contributed by atoms with Crippen LogP contribution in [-0.4, -0.2) is 56.2 Å². The Morgan fingerprint density at radius 3 is 2.82 bits per heavy atom. The van der Waals surface area contributed by atoms with Gasteiger partial charge in [-0.25, -0.2) is 4.68 Å². The van der Waals surface area contributed by atoms with E-state index in [0.717, 1.165) is 43.7 Å². The predicted molar refractivity (Wildman–Crippen MR) is 107 cm³/mol. The number of likely N-dealkylation sites (tertiary alicyclic amines) is 1. The summed E-state index contributed by atoms with van der Waals surface area (Å²) in [4.78, 5) is 12.3. The monoisotopic (exact) mass is 396 g/mol. The normalized spacial score (nSPS) is 27.8. The van der Waals surface area contributed by atoms with E-state index in [1.807, 2.05) is 48.0 Å². The first-order valence-corrected chi connectivity index (χ1v) is 10.6. The standard InChI is InChI=1S/C20H24N6OS/c1-27-20-6-16-10-25(11-17-8-22-13-28-17)9-15(16)5-19(20)26-12-18(23-24-26)14-3-2-4-21-7-14/h2-4,7-8,12-13,15-16,19-20H,5-6,9-11H2,1H3/t15-,16+,19-,20-/m1/s1. The number of aromatic nitrogens is 5. The van der Waals surface area contributed by atoms with E-state index < -0.39 is 0 Å². The number of rotatable bonds is 5. The number of nitrogens with zero attached hydrogens (tertiary/aromatic N) is 6. The van der Waals surface area contributed by atoms with Crippen molar-refractivity contribution in [2.24, 2.45) is 11.8 Å². The van der Waals surface area contributed by atoms with Crippen molar-refractivity contribution < 1.29 is 4.74 Å². The second kappa shape index (κ2) is 7.69. The van der Waals surface area contributed by atoms with Gasteiger partial charge in [-0.3, -0.25) is 14.9 Å². The maximum Gasteiger partial charge on any atom is 0.114 e. The third-order valence-electron chi connectivity index (χ3n) is 6.13. The third-order valence-corrected chi connectivity index (χ3v) is 6.90. The van der Waals surface area contributed by atoms with Crippen LogP contribution >= 0.6 is 11.3 Å². The highest BCUT2D eigenvalue weighted by molar-refractivity contribution is 7.09. The Bertz CT molecular complexity index is 899. The summed E-state index contributed by atoms with van der Waals surface area (Å²) in [6.07, 6.45) is 9.96. The van der Waals surface area contributed by atoms with E-state index >= 15 is 0 Å². The SMILES string of the molecule is CO[C@@H]1C[C@H]2CN(Cc3cncs3)C[C@H]2C[C@H]1n1cc(-c2cccnc2)nn1. The molecule has 1 aliphatic heterocycles. The van der Waals surface area contributed by atoms with Crippen LogP contribution in [-0.2, 0) is 11.3 Å². The van der Waals surface area contributed by atoms with Gasteiger partial charge in [0.1, 0.15) is 5.69 Å². The summed E-state index contributed by atoms with van der Waals surface area (Å²) in [5.74, 6) is 1.37. The molecule has 8 heteroatoms. The minimum atomic E-state index is 0.174. The zero-order valence-electron chi connectivity index (χ0n) is 15.9. The lowest BCUT2D eigenvalue weighted by atomic mass is 9.77. The van der Waals surface area contributed by atoms with Crippen LogP contribution in [0.2, 0.25) is 0 Å². The number of thiazole rings is 1. The van der Waals surface area contributed by atoms with Gasteiger partial charge in [-0.2, -0.15) is 0 Å². The molecule has 1 saturated carbocycles. The summed E-state index contributed by atoms with van der Waals surface area (Å²) in [6.45, 7) is 3.29. The molecular weight excluding hydrogens is 372 g/mol. The van der Waals surface area contributed by atoms with Gasteiger partial charge in [0.25, 0.3) is 0 Å². The molecule has 146 valence electrons. The molecule has 0 N–H and O–H groups in total. The second-order valence-corrected chi connectivity index (χ2v) is 8.79. The van der Waals surface area contributed by atoms with Crippen molar-refractivity contribution in [1.82, 2.24) is 29.9 Å². The van der Waals surface area contributed by atoms with Gasteiger partial charge in [0.05, 0.1) is 23.9 Å². The fraction of sp³-hybridized carbons (Fsp3) is 0.500. The Kier molecular flexibility index (Phi) is 4.92. The molecule has 2 fully saturated rings. The van der Waals surface area contributed by atoms with E-state index in [4.69, 9.17) is 4.74 Å². The van der Waals surface area contributed by atoms with E-state index in [-0.39, 0.29) is 12.1 Å². The Morgan fingerprint density at radius 2 is 2.07 bits per heavy atom. The summed E-state index contributed by atoms with van der Waals surface area (Å²) < 4.78 is 7.91. The Morgan fingerprint density at radius 1 is 1.18 bits per heavy atom. The van der Waals surface area contributed by atoms with Gasteiger partial charge in [-0.15, -0.1) is 16.4 Å². The van der Waals surface area contributed by atoms with Crippen molar-refractivity contribution in [3.8, 4) is 11.3 Å². The number of hydrogen-bond donors (Lipinski definition) is 0. The molecule has 0 spiro atoms. The molecule has 4 heterocycles. The number of hydrogen-bond acceptors (Lipinski definition) is 7. The van der Waals surface area contributed by atoms with E-state index in [2.05, 4.69) is 25.2 Å². The highest BCUT2D eigenvalue weighted by Crippen LogP contribution is 2.42. The summed E-state index contributed by atoms with van der Waals surface area (Å²) in [5, 5.41) is 8.83. The maximum absolute atomic E-state index is 5.90. The molecule has 2 aliphatic rings. The van der Waals surface area contributed by atoms with Crippen LogP contribution in [0.15, 0.2) is 42.4 Å². The van der Waals surface area contributed by atoms with Crippen molar-refractivity contribution in [3.63, 3.8) is 0 Å². The van der Waals surface area contributed by atoms with Crippen LogP contribution < -0.4 is 0 Å². The minimum Gasteiger partial charge on any atom is -0.379 e. The molecule has 3 aromatic rings. The van der Waals surface area contributed by atoms with E-state index in [1.54, 1.807) is 17.5 Å². The summed E-state index contributed by atoms with van der Waals surface area (Å²) in [5.41, 5.74) is 3.77. The first-order chi connectivity index (χ1) is 13.8. The molecule has 0 bridgehead atoms. The molecule has 0 radical (unpaired) electrons. The molecule has 0 unspecified atom stereocenters. The van der Waals surface area contributed by atoms with Gasteiger partial charge in [-0.05, 0) is 36.8 Å². The molecule has 7 nitrogen and oxygen atoms in total. The molecule has 1 saturated heterocycles. The maximum atomic E-state index is 5.90. The number of methoxy groups -OCH3 is 1. The van der Waals surface area contributed by atoms with E-state index in [9.17, 15) is 0 Å². The highest BCUT2D eigenvalue weighted by Gasteiger charge is 2.43. The van der Waals surface area contributed by atoms with Gasteiger partial charge >= 0.3 is 0 Å². The molecular formula is C20H24N6OS. The zero-order valence-corrected chi connectivity index (χ0v) is 16.7. The lowest BCUT2D eigenvalue weighted by molar-refractivity contribution is -0.00545. The minimum absolute atomic E-state index is 0.174. The fourth-order valence-electron chi connectivity index (χ4n) is 4.77. The lowest BCUT2D eigenvalue weighted by Gasteiger charge is -2.37. The summed E-state index contributed by atoms with van der Waals surface area (Å²) >= 11 is 1.74. The summed E-state index contributed by atoms with van der Waals surface area (Å²) in [7, 11) is 1.82. The van der Waals surface area contributed by atoms with Crippen LogP contribution in [0, 0.1) is 11.8 Å². The Hall–Kier alpha value is -2.16. The smallest absolute Gasteiger partial charge is 0.114 e. The molecule has 3 aromatic heterocycles. The molecule has 4 atom stereocenters. The quantitative estimate of drug-likeness (QED) is 0.661. The van der Waals surface area contributed by atoms with Crippen molar-refractivity contribution in [2.45, 2.75) is 31.5 Å². The van der Waals surface area contributed by atoms with E-state index in [0.29, 0.717) is 11.8 Å². The van der Waals surface area contributed by atoms with Gasteiger partial charge in [0, 0.05) is 55.8 Å². The lowest BCUT2D eigenvalue weighted by Crippen LogP contribution is -2.37. The van der Waals surface area contributed by atoms with Crippen molar-refractivity contribution in [2.75, 3.05) is 20.2 Å². The van der Waals surface area contributed by atoms with E-state index in [1.165, 1.54) is 4.88 Å². The molecule has 0 amide bonds. The molecule has 5 rings (SSSR count). The molecule has 0 aromatic carbocycles. The molecule has 1 aliphatic carbocycles. The van der Waals surface area contributed by atoms with Crippen LogP contribution in [0.5, 0.6) is 0 Å². The van der Waals surface area contributed by atoms with Crippen LogP contribution in [0.1, 0.15) is 23.8 Å². The number of ether oxygens (including phenoxy) is 1. The Balaban J connectivity index is 1.31.